The van der Waals surface area contributed by atoms with E-state index in [2.05, 4.69) is 12.2 Å². The molecule has 1 saturated carbocycles. The Kier molecular flexibility index (Phi) is 6.21. The van der Waals surface area contributed by atoms with E-state index < -0.39 is 0 Å². The number of nitrogens with one attached hydrogen (secondary N) is 1. The SMILES string of the molecule is COCCCOc1c(C(=O)OC)cccc1C(C)NC1CC1. The van der Waals surface area contributed by atoms with Gasteiger partial charge in [-0.05, 0) is 25.8 Å². The third-order valence-electron chi connectivity index (χ3n) is 3.72. The monoisotopic (exact) mass is 307 g/mol. The first-order chi connectivity index (χ1) is 10.7. The van der Waals surface area contributed by atoms with Crippen molar-refractivity contribution in [3.63, 3.8) is 0 Å². The zero-order valence-corrected chi connectivity index (χ0v) is 13.6. The second-order valence-corrected chi connectivity index (χ2v) is 5.57. The molecule has 0 aromatic heterocycles. The highest BCUT2D eigenvalue weighted by molar-refractivity contribution is 5.93. The van der Waals surface area contributed by atoms with E-state index >= 15 is 0 Å². The van der Waals surface area contributed by atoms with E-state index in [0.29, 0.717) is 30.6 Å². The number of carbonyl (C=O) groups excluding carboxylic acids is 1. The van der Waals surface area contributed by atoms with Crippen molar-refractivity contribution in [2.75, 3.05) is 27.4 Å². The van der Waals surface area contributed by atoms with Crippen LogP contribution in [-0.4, -0.2) is 39.4 Å². The van der Waals surface area contributed by atoms with E-state index in [0.717, 1.165) is 12.0 Å². The van der Waals surface area contributed by atoms with Crippen LogP contribution in [0.4, 0.5) is 0 Å². The largest absolute Gasteiger partial charge is 0.492 e. The molecule has 1 aliphatic carbocycles. The molecule has 0 saturated heterocycles. The molecule has 1 atom stereocenters. The average Bonchev–Trinajstić information content (AvgIpc) is 3.34. The molecule has 1 N–H and O–H groups in total. The third-order valence-corrected chi connectivity index (χ3v) is 3.72. The number of para-hydroxylation sites is 1. The second-order valence-electron chi connectivity index (χ2n) is 5.57. The smallest absolute Gasteiger partial charge is 0.341 e. The van der Waals surface area contributed by atoms with Gasteiger partial charge in [0.15, 0.2) is 0 Å². The van der Waals surface area contributed by atoms with Crippen LogP contribution in [0.1, 0.15) is 48.1 Å². The Morgan fingerprint density at radius 1 is 1.32 bits per heavy atom. The van der Waals surface area contributed by atoms with Crippen molar-refractivity contribution in [2.24, 2.45) is 0 Å². The van der Waals surface area contributed by atoms with Crippen LogP contribution in [0.2, 0.25) is 0 Å². The van der Waals surface area contributed by atoms with Crippen molar-refractivity contribution in [3.8, 4) is 5.75 Å². The Morgan fingerprint density at radius 2 is 2.09 bits per heavy atom. The first-order valence-electron chi connectivity index (χ1n) is 7.76. The van der Waals surface area contributed by atoms with Gasteiger partial charge in [-0.3, -0.25) is 0 Å². The Labute approximate surface area is 131 Å². The van der Waals surface area contributed by atoms with Crippen LogP contribution in [0, 0.1) is 0 Å². The van der Waals surface area contributed by atoms with E-state index in [-0.39, 0.29) is 12.0 Å². The van der Waals surface area contributed by atoms with Crippen molar-refractivity contribution in [3.05, 3.63) is 29.3 Å². The van der Waals surface area contributed by atoms with Gasteiger partial charge < -0.3 is 19.5 Å². The number of carbonyl (C=O) groups is 1. The van der Waals surface area contributed by atoms with Gasteiger partial charge in [-0.25, -0.2) is 4.79 Å². The molecule has 0 spiro atoms. The van der Waals surface area contributed by atoms with Crippen LogP contribution in [0.5, 0.6) is 5.75 Å². The Morgan fingerprint density at radius 3 is 2.73 bits per heavy atom. The lowest BCUT2D eigenvalue weighted by Crippen LogP contribution is -2.22. The van der Waals surface area contributed by atoms with E-state index in [1.807, 2.05) is 12.1 Å². The summed E-state index contributed by atoms with van der Waals surface area (Å²) in [6.45, 7) is 3.23. The number of methoxy groups -OCH3 is 2. The number of hydrogen-bond acceptors (Lipinski definition) is 5. The maximum Gasteiger partial charge on any atom is 0.341 e. The number of hydrogen-bond donors (Lipinski definition) is 1. The average molecular weight is 307 g/mol. The first-order valence-corrected chi connectivity index (χ1v) is 7.76. The highest BCUT2D eigenvalue weighted by Gasteiger charge is 2.26. The minimum absolute atomic E-state index is 0.134. The summed E-state index contributed by atoms with van der Waals surface area (Å²) in [6.07, 6.45) is 3.20. The summed E-state index contributed by atoms with van der Waals surface area (Å²) >= 11 is 0. The molecule has 5 heteroatoms. The van der Waals surface area contributed by atoms with Crippen LogP contribution < -0.4 is 10.1 Å². The molecule has 1 aromatic rings. The van der Waals surface area contributed by atoms with E-state index in [1.54, 1.807) is 13.2 Å². The summed E-state index contributed by atoms with van der Waals surface area (Å²) in [4.78, 5) is 12.0. The highest BCUT2D eigenvalue weighted by Crippen LogP contribution is 2.32. The van der Waals surface area contributed by atoms with E-state index in [4.69, 9.17) is 14.2 Å². The molecule has 0 bridgehead atoms. The van der Waals surface area contributed by atoms with Gasteiger partial charge >= 0.3 is 5.97 Å². The fourth-order valence-electron chi connectivity index (χ4n) is 2.40. The molecule has 0 heterocycles. The van der Waals surface area contributed by atoms with Gasteiger partial charge in [0, 0.05) is 37.8 Å². The summed E-state index contributed by atoms with van der Waals surface area (Å²) in [7, 11) is 3.05. The van der Waals surface area contributed by atoms with Crippen LogP contribution in [0.3, 0.4) is 0 Å². The van der Waals surface area contributed by atoms with Crippen LogP contribution in [0.15, 0.2) is 18.2 Å². The minimum Gasteiger partial charge on any atom is -0.492 e. The normalized spacial score (nSPS) is 15.4. The number of benzene rings is 1. The molecular formula is C17H25NO4. The molecule has 1 unspecified atom stereocenters. The van der Waals surface area contributed by atoms with Crippen LogP contribution >= 0.6 is 0 Å². The van der Waals surface area contributed by atoms with Gasteiger partial charge in [-0.2, -0.15) is 0 Å². The lowest BCUT2D eigenvalue weighted by molar-refractivity contribution is 0.0595. The van der Waals surface area contributed by atoms with Gasteiger partial charge in [0.05, 0.1) is 13.7 Å². The van der Waals surface area contributed by atoms with Crippen molar-refractivity contribution in [1.29, 1.82) is 0 Å². The molecule has 0 aliphatic heterocycles. The molecule has 1 fully saturated rings. The van der Waals surface area contributed by atoms with E-state index in [1.165, 1.54) is 20.0 Å². The van der Waals surface area contributed by atoms with Gasteiger partial charge in [0.2, 0.25) is 0 Å². The predicted octanol–water partition coefficient (Wildman–Crippen LogP) is 2.70. The van der Waals surface area contributed by atoms with Crippen molar-refractivity contribution in [1.82, 2.24) is 5.32 Å². The van der Waals surface area contributed by atoms with Crippen molar-refractivity contribution in [2.45, 2.75) is 38.3 Å². The van der Waals surface area contributed by atoms with E-state index in [9.17, 15) is 4.79 Å². The summed E-state index contributed by atoms with van der Waals surface area (Å²) in [6, 6.07) is 6.32. The molecule has 0 amide bonds. The zero-order chi connectivity index (χ0) is 15.9. The predicted molar refractivity (Wildman–Crippen MR) is 84.3 cm³/mol. The lowest BCUT2D eigenvalue weighted by atomic mass is 10.0. The van der Waals surface area contributed by atoms with Gasteiger partial charge in [-0.15, -0.1) is 0 Å². The Hall–Kier alpha value is -1.59. The van der Waals surface area contributed by atoms with Crippen LogP contribution in [-0.2, 0) is 9.47 Å². The summed E-state index contributed by atoms with van der Waals surface area (Å²) in [5.41, 5.74) is 1.47. The summed E-state index contributed by atoms with van der Waals surface area (Å²) < 4.78 is 15.8. The van der Waals surface area contributed by atoms with Crippen LogP contribution in [0.25, 0.3) is 0 Å². The lowest BCUT2D eigenvalue weighted by Gasteiger charge is -2.20. The van der Waals surface area contributed by atoms with Gasteiger partial charge in [0.1, 0.15) is 11.3 Å². The summed E-state index contributed by atoms with van der Waals surface area (Å²) in [5, 5.41) is 3.54. The van der Waals surface area contributed by atoms with Crippen molar-refractivity contribution >= 4 is 5.97 Å². The molecule has 1 aliphatic rings. The number of esters is 1. The molecule has 122 valence electrons. The Bertz CT molecular complexity index is 499. The minimum atomic E-state index is -0.373. The molecule has 0 radical (unpaired) electrons. The standard InChI is InChI=1S/C17H25NO4/c1-12(18-13-8-9-13)14-6-4-7-15(17(19)21-3)16(14)22-11-5-10-20-2/h4,6-7,12-13,18H,5,8-11H2,1-3H3. The highest BCUT2D eigenvalue weighted by atomic mass is 16.5. The Balaban J connectivity index is 2.19. The topological polar surface area (TPSA) is 56.8 Å². The second kappa shape index (κ2) is 8.15. The molecule has 2 rings (SSSR count). The number of rotatable bonds is 9. The fourth-order valence-corrected chi connectivity index (χ4v) is 2.40. The quantitative estimate of drug-likeness (QED) is 0.561. The zero-order valence-electron chi connectivity index (χ0n) is 13.6. The summed E-state index contributed by atoms with van der Waals surface area (Å²) in [5.74, 6) is 0.244. The fraction of sp³-hybridized carbons (Fsp3) is 0.588. The van der Waals surface area contributed by atoms with Crippen molar-refractivity contribution < 1.29 is 19.0 Å². The third kappa shape index (κ3) is 4.45. The maximum atomic E-state index is 12.0. The number of ether oxygens (including phenoxy) is 3. The molecule has 1 aromatic carbocycles. The maximum absolute atomic E-state index is 12.0. The molecule has 5 nitrogen and oxygen atoms in total. The molecular weight excluding hydrogens is 282 g/mol. The van der Waals surface area contributed by atoms with Gasteiger partial charge in [-0.1, -0.05) is 12.1 Å². The first kappa shape index (κ1) is 16.8. The molecule has 22 heavy (non-hydrogen) atoms. The van der Waals surface area contributed by atoms with Gasteiger partial charge in [0.25, 0.3) is 0 Å².